The first kappa shape index (κ1) is 19.4. The number of carbonyl (C=O) groups excluding carboxylic acids is 1. The molecule has 1 aliphatic rings. The maximum absolute atomic E-state index is 12.9. The standard InChI is InChI=1S/C23H30N2O2/c1-19(2)17-24-14-13-23(26)25(16-15-24)22(20-9-5-3-6-10-20)18-27-21-11-7-4-8-12-21/h3-12,19,22H,13-18H2,1-2H3/t22-/m1/s1. The van der Waals surface area contributed by atoms with Crippen LogP contribution >= 0.6 is 0 Å². The third kappa shape index (κ3) is 5.57. The average Bonchev–Trinajstić information content (AvgIpc) is 2.86. The van der Waals surface area contributed by atoms with Crippen molar-refractivity contribution in [1.29, 1.82) is 0 Å². The monoisotopic (exact) mass is 366 g/mol. The van der Waals surface area contributed by atoms with Crippen LogP contribution in [0, 0.1) is 5.92 Å². The summed E-state index contributed by atoms with van der Waals surface area (Å²) in [5.41, 5.74) is 1.12. The van der Waals surface area contributed by atoms with E-state index in [2.05, 4.69) is 30.9 Å². The van der Waals surface area contributed by atoms with Crippen LogP contribution in [0.25, 0.3) is 0 Å². The molecular formula is C23H30N2O2. The molecule has 27 heavy (non-hydrogen) atoms. The summed E-state index contributed by atoms with van der Waals surface area (Å²) in [6.07, 6.45) is 0.571. The lowest BCUT2D eigenvalue weighted by Crippen LogP contribution is -2.39. The SMILES string of the molecule is CC(C)CN1CCC(=O)N([C@H](COc2ccccc2)c2ccccc2)CC1. The van der Waals surface area contributed by atoms with Gasteiger partial charge >= 0.3 is 0 Å². The third-order valence-electron chi connectivity index (χ3n) is 4.95. The van der Waals surface area contributed by atoms with E-state index in [4.69, 9.17) is 4.74 Å². The van der Waals surface area contributed by atoms with E-state index in [0.29, 0.717) is 18.9 Å². The first-order valence-corrected chi connectivity index (χ1v) is 9.88. The van der Waals surface area contributed by atoms with E-state index in [1.54, 1.807) is 0 Å². The number of carbonyl (C=O) groups is 1. The lowest BCUT2D eigenvalue weighted by atomic mass is 10.1. The van der Waals surface area contributed by atoms with E-state index < -0.39 is 0 Å². The summed E-state index contributed by atoms with van der Waals surface area (Å²) in [6, 6.07) is 20.0. The molecule has 1 atom stereocenters. The average molecular weight is 367 g/mol. The number of rotatable bonds is 7. The van der Waals surface area contributed by atoms with Crippen molar-refractivity contribution in [3.63, 3.8) is 0 Å². The molecule has 0 saturated carbocycles. The predicted octanol–water partition coefficient (Wildman–Crippen LogP) is 4.00. The molecule has 0 radical (unpaired) electrons. The number of benzene rings is 2. The Labute approximate surface area is 162 Å². The molecule has 1 amide bonds. The minimum absolute atomic E-state index is 0.0714. The number of amides is 1. The molecule has 3 rings (SSSR count). The molecule has 4 nitrogen and oxygen atoms in total. The van der Waals surface area contributed by atoms with Crippen molar-refractivity contribution < 1.29 is 9.53 Å². The molecule has 4 heteroatoms. The van der Waals surface area contributed by atoms with Gasteiger partial charge in [0.25, 0.3) is 0 Å². The van der Waals surface area contributed by atoms with Crippen molar-refractivity contribution in [3.8, 4) is 5.75 Å². The molecule has 0 aromatic heterocycles. The molecule has 1 fully saturated rings. The van der Waals surface area contributed by atoms with E-state index in [1.165, 1.54) is 0 Å². The second kappa shape index (κ2) is 9.56. The van der Waals surface area contributed by atoms with Gasteiger partial charge in [-0.25, -0.2) is 0 Å². The smallest absolute Gasteiger partial charge is 0.224 e. The Bertz CT molecular complexity index is 703. The predicted molar refractivity (Wildman–Crippen MR) is 109 cm³/mol. The number of hydrogen-bond donors (Lipinski definition) is 0. The summed E-state index contributed by atoms with van der Waals surface area (Å²) >= 11 is 0. The van der Waals surface area contributed by atoms with Crippen LogP contribution in [-0.2, 0) is 4.79 Å². The van der Waals surface area contributed by atoms with Crippen molar-refractivity contribution in [3.05, 3.63) is 66.2 Å². The van der Waals surface area contributed by atoms with Crippen LogP contribution in [0.5, 0.6) is 5.75 Å². The minimum atomic E-state index is -0.0714. The molecule has 0 N–H and O–H groups in total. The number of para-hydroxylation sites is 1. The lowest BCUT2D eigenvalue weighted by molar-refractivity contribution is -0.133. The Kier molecular flexibility index (Phi) is 6.88. The maximum Gasteiger partial charge on any atom is 0.224 e. The van der Waals surface area contributed by atoms with E-state index in [9.17, 15) is 4.79 Å². The van der Waals surface area contributed by atoms with E-state index in [1.807, 2.05) is 53.4 Å². The molecule has 1 aliphatic heterocycles. The Morgan fingerprint density at radius 2 is 1.59 bits per heavy atom. The lowest BCUT2D eigenvalue weighted by Gasteiger charge is -2.31. The van der Waals surface area contributed by atoms with Crippen molar-refractivity contribution in [2.75, 3.05) is 32.8 Å². The Balaban J connectivity index is 1.76. The third-order valence-corrected chi connectivity index (χ3v) is 4.95. The highest BCUT2D eigenvalue weighted by atomic mass is 16.5. The second-order valence-corrected chi connectivity index (χ2v) is 7.58. The largest absolute Gasteiger partial charge is 0.491 e. The summed E-state index contributed by atoms with van der Waals surface area (Å²) in [5, 5.41) is 0. The van der Waals surface area contributed by atoms with Crippen LogP contribution in [0.3, 0.4) is 0 Å². The Morgan fingerprint density at radius 1 is 0.926 bits per heavy atom. The maximum atomic E-state index is 12.9. The van der Waals surface area contributed by atoms with Gasteiger partial charge in [-0.05, 0) is 23.6 Å². The van der Waals surface area contributed by atoms with Gasteiger partial charge in [0.2, 0.25) is 5.91 Å². The van der Waals surface area contributed by atoms with Gasteiger partial charge in [0, 0.05) is 32.6 Å². The van der Waals surface area contributed by atoms with Crippen molar-refractivity contribution in [1.82, 2.24) is 9.80 Å². The zero-order valence-corrected chi connectivity index (χ0v) is 16.4. The van der Waals surface area contributed by atoms with Crippen molar-refractivity contribution >= 4 is 5.91 Å². The van der Waals surface area contributed by atoms with Crippen LogP contribution in [0.4, 0.5) is 0 Å². The van der Waals surface area contributed by atoms with Gasteiger partial charge in [-0.15, -0.1) is 0 Å². The van der Waals surface area contributed by atoms with Crippen LogP contribution < -0.4 is 4.74 Å². The normalized spacial score (nSPS) is 17.0. The van der Waals surface area contributed by atoms with Gasteiger partial charge in [-0.1, -0.05) is 62.4 Å². The van der Waals surface area contributed by atoms with Gasteiger partial charge < -0.3 is 14.5 Å². The second-order valence-electron chi connectivity index (χ2n) is 7.58. The Morgan fingerprint density at radius 3 is 2.26 bits per heavy atom. The highest BCUT2D eigenvalue weighted by Crippen LogP contribution is 2.25. The Hall–Kier alpha value is -2.33. The highest BCUT2D eigenvalue weighted by molar-refractivity contribution is 5.77. The number of hydrogen-bond acceptors (Lipinski definition) is 3. The minimum Gasteiger partial charge on any atom is -0.491 e. The van der Waals surface area contributed by atoms with Gasteiger partial charge in [-0.3, -0.25) is 4.79 Å². The summed E-state index contributed by atoms with van der Waals surface area (Å²) in [4.78, 5) is 17.3. The van der Waals surface area contributed by atoms with E-state index in [-0.39, 0.29) is 11.9 Å². The van der Waals surface area contributed by atoms with E-state index >= 15 is 0 Å². The number of nitrogens with zero attached hydrogens (tertiary/aromatic N) is 2. The summed E-state index contributed by atoms with van der Waals surface area (Å²) in [5.74, 6) is 1.66. The van der Waals surface area contributed by atoms with Crippen LogP contribution in [0.1, 0.15) is 31.9 Å². The quantitative estimate of drug-likeness (QED) is 0.743. The van der Waals surface area contributed by atoms with Gasteiger partial charge in [0.05, 0.1) is 6.04 Å². The fraction of sp³-hybridized carbons (Fsp3) is 0.435. The van der Waals surface area contributed by atoms with E-state index in [0.717, 1.165) is 37.5 Å². The zero-order chi connectivity index (χ0) is 19.1. The molecule has 0 unspecified atom stereocenters. The van der Waals surface area contributed by atoms with Gasteiger partial charge in [0.15, 0.2) is 0 Å². The fourth-order valence-corrected chi connectivity index (χ4v) is 3.64. The van der Waals surface area contributed by atoms with Gasteiger partial charge in [-0.2, -0.15) is 0 Å². The fourth-order valence-electron chi connectivity index (χ4n) is 3.64. The molecule has 1 heterocycles. The zero-order valence-electron chi connectivity index (χ0n) is 16.4. The topological polar surface area (TPSA) is 32.8 Å². The molecule has 0 bridgehead atoms. The molecule has 1 saturated heterocycles. The first-order valence-electron chi connectivity index (χ1n) is 9.88. The first-order chi connectivity index (χ1) is 13.1. The molecule has 0 aliphatic carbocycles. The molecule has 144 valence electrons. The summed E-state index contributed by atoms with van der Waals surface area (Å²) in [7, 11) is 0. The number of ether oxygens (including phenoxy) is 1. The molecular weight excluding hydrogens is 336 g/mol. The molecule has 2 aromatic carbocycles. The van der Waals surface area contributed by atoms with Crippen LogP contribution in [0.15, 0.2) is 60.7 Å². The highest BCUT2D eigenvalue weighted by Gasteiger charge is 2.29. The van der Waals surface area contributed by atoms with Crippen LogP contribution in [-0.4, -0.2) is 48.5 Å². The summed E-state index contributed by atoms with van der Waals surface area (Å²) < 4.78 is 6.05. The molecule has 2 aromatic rings. The van der Waals surface area contributed by atoms with Gasteiger partial charge in [0.1, 0.15) is 12.4 Å². The van der Waals surface area contributed by atoms with Crippen molar-refractivity contribution in [2.45, 2.75) is 26.3 Å². The molecule has 0 spiro atoms. The van der Waals surface area contributed by atoms with Crippen LogP contribution in [0.2, 0.25) is 0 Å². The summed E-state index contributed by atoms with van der Waals surface area (Å²) in [6.45, 7) is 8.45. The van der Waals surface area contributed by atoms with Crippen molar-refractivity contribution in [2.24, 2.45) is 5.92 Å².